The number of rotatable bonds is 7. The average molecular weight is 271 g/mol. The van der Waals surface area contributed by atoms with E-state index in [2.05, 4.69) is 5.32 Å². The number of methoxy groups -OCH3 is 1. The smallest absolute Gasteiger partial charge is 0.0984 e. The lowest BCUT2D eigenvalue weighted by Gasteiger charge is -2.25. The number of hydrogen-bond donors (Lipinski definition) is 2. The molecule has 0 bridgehead atoms. The Bertz CT molecular complexity index is 487. The van der Waals surface area contributed by atoms with E-state index in [1.54, 1.807) is 7.11 Å². The van der Waals surface area contributed by atoms with E-state index >= 15 is 0 Å². The molecule has 2 unspecified atom stereocenters. The van der Waals surface area contributed by atoms with Crippen molar-refractivity contribution in [1.82, 2.24) is 5.32 Å². The SMILES string of the molecule is COCCNC(c1ccccc1)C(O)c1ccccc1. The molecule has 2 atom stereocenters. The van der Waals surface area contributed by atoms with Gasteiger partial charge in [-0.25, -0.2) is 0 Å². The van der Waals surface area contributed by atoms with Crippen molar-refractivity contribution < 1.29 is 9.84 Å². The third kappa shape index (κ3) is 3.90. The van der Waals surface area contributed by atoms with Crippen LogP contribution in [-0.2, 0) is 4.74 Å². The Labute approximate surface area is 120 Å². The van der Waals surface area contributed by atoms with Crippen LogP contribution in [0.25, 0.3) is 0 Å². The first-order valence-electron chi connectivity index (χ1n) is 6.83. The summed E-state index contributed by atoms with van der Waals surface area (Å²) >= 11 is 0. The molecule has 3 nitrogen and oxygen atoms in total. The van der Waals surface area contributed by atoms with Crippen molar-refractivity contribution in [2.45, 2.75) is 12.1 Å². The fourth-order valence-corrected chi connectivity index (χ4v) is 2.23. The number of ether oxygens (including phenoxy) is 1. The summed E-state index contributed by atoms with van der Waals surface area (Å²) in [6.45, 7) is 1.31. The molecule has 106 valence electrons. The highest BCUT2D eigenvalue weighted by atomic mass is 16.5. The molecule has 0 fully saturated rings. The van der Waals surface area contributed by atoms with E-state index in [1.165, 1.54) is 0 Å². The number of aliphatic hydroxyl groups excluding tert-OH is 1. The molecule has 0 aliphatic rings. The molecule has 20 heavy (non-hydrogen) atoms. The lowest BCUT2D eigenvalue weighted by molar-refractivity contribution is 0.119. The van der Waals surface area contributed by atoms with Crippen molar-refractivity contribution in [2.75, 3.05) is 20.3 Å². The van der Waals surface area contributed by atoms with E-state index in [-0.39, 0.29) is 6.04 Å². The second kappa shape index (κ2) is 7.80. The van der Waals surface area contributed by atoms with Gasteiger partial charge in [-0.15, -0.1) is 0 Å². The van der Waals surface area contributed by atoms with Gasteiger partial charge in [0, 0.05) is 13.7 Å². The van der Waals surface area contributed by atoms with Gasteiger partial charge in [-0.2, -0.15) is 0 Å². The normalized spacial score (nSPS) is 13.9. The van der Waals surface area contributed by atoms with E-state index < -0.39 is 6.10 Å². The second-order valence-electron chi connectivity index (χ2n) is 4.69. The molecular formula is C17H21NO2. The summed E-state index contributed by atoms with van der Waals surface area (Å²) in [5.74, 6) is 0. The van der Waals surface area contributed by atoms with Crippen molar-refractivity contribution in [3.8, 4) is 0 Å². The molecule has 0 saturated carbocycles. The van der Waals surface area contributed by atoms with E-state index in [0.29, 0.717) is 13.2 Å². The lowest BCUT2D eigenvalue weighted by Crippen LogP contribution is -2.29. The minimum atomic E-state index is -0.588. The monoisotopic (exact) mass is 271 g/mol. The first-order valence-corrected chi connectivity index (χ1v) is 6.83. The van der Waals surface area contributed by atoms with Crippen molar-refractivity contribution in [3.05, 3.63) is 71.8 Å². The van der Waals surface area contributed by atoms with Gasteiger partial charge in [0.2, 0.25) is 0 Å². The van der Waals surface area contributed by atoms with Crippen LogP contribution in [0.15, 0.2) is 60.7 Å². The highest BCUT2D eigenvalue weighted by molar-refractivity contribution is 5.26. The molecular weight excluding hydrogens is 250 g/mol. The van der Waals surface area contributed by atoms with Gasteiger partial charge in [0.15, 0.2) is 0 Å². The molecule has 0 aliphatic heterocycles. The Morgan fingerprint density at radius 1 is 0.950 bits per heavy atom. The predicted molar refractivity (Wildman–Crippen MR) is 80.5 cm³/mol. The Morgan fingerprint density at radius 3 is 2.05 bits per heavy atom. The predicted octanol–water partition coefficient (Wildman–Crippen LogP) is 2.70. The molecule has 0 spiro atoms. The van der Waals surface area contributed by atoms with Gasteiger partial charge in [0.05, 0.1) is 18.8 Å². The lowest BCUT2D eigenvalue weighted by atomic mass is 9.96. The van der Waals surface area contributed by atoms with Gasteiger partial charge in [0.25, 0.3) is 0 Å². The van der Waals surface area contributed by atoms with Gasteiger partial charge in [-0.1, -0.05) is 60.7 Å². The van der Waals surface area contributed by atoms with Crippen LogP contribution in [0.2, 0.25) is 0 Å². The summed E-state index contributed by atoms with van der Waals surface area (Å²) in [6.07, 6.45) is -0.588. The molecule has 0 radical (unpaired) electrons. The summed E-state index contributed by atoms with van der Waals surface area (Å²) in [4.78, 5) is 0. The molecule has 2 rings (SSSR count). The fourth-order valence-electron chi connectivity index (χ4n) is 2.23. The fraction of sp³-hybridized carbons (Fsp3) is 0.294. The minimum Gasteiger partial charge on any atom is -0.386 e. The maximum absolute atomic E-state index is 10.6. The molecule has 0 amide bonds. The van der Waals surface area contributed by atoms with Gasteiger partial charge >= 0.3 is 0 Å². The van der Waals surface area contributed by atoms with E-state index in [9.17, 15) is 5.11 Å². The highest BCUT2D eigenvalue weighted by Gasteiger charge is 2.21. The molecule has 2 N–H and O–H groups in total. The maximum atomic E-state index is 10.6. The molecule has 2 aromatic carbocycles. The second-order valence-corrected chi connectivity index (χ2v) is 4.69. The number of hydrogen-bond acceptors (Lipinski definition) is 3. The molecule has 0 heterocycles. The van der Waals surface area contributed by atoms with Crippen LogP contribution >= 0.6 is 0 Å². The summed E-state index contributed by atoms with van der Waals surface area (Å²) in [5.41, 5.74) is 1.98. The summed E-state index contributed by atoms with van der Waals surface area (Å²) in [5, 5.41) is 14.0. The Kier molecular flexibility index (Phi) is 5.74. The van der Waals surface area contributed by atoms with E-state index in [4.69, 9.17) is 4.74 Å². The maximum Gasteiger partial charge on any atom is 0.0984 e. The van der Waals surface area contributed by atoms with Crippen LogP contribution in [0.5, 0.6) is 0 Å². The van der Waals surface area contributed by atoms with Crippen molar-refractivity contribution >= 4 is 0 Å². The summed E-state index contributed by atoms with van der Waals surface area (Å²) in [7, 11) is 1.67. The zero-order chi connectivity index (χ0) is 14.2. The van der Waals surface area contributed by atoms with Crippen LogP contribution in [0.1, 0.15) is 23.3 Å². The van der Waals surface area contributed by atoms with Crippen molar-refractivity contribution in [2.24, 2.45) is 0 Å². The Morgan fingerprint density at radius 2 is 1.50 bits per heavy atom. The standard InChI is InChI=1S/C17H21NO2/c1-20-13-12-18-16(14-8-4-2-5-9-14)17(19)15-10-6-3-7-11-15/h2-11,16-19H,12-13H2,1H3. The summed E-state index contributed by atoms with van der Waals surface area (Å²) in [6, 6.07) is 19.6. The first kappa shape index (κ1) is 14.7. The third-order valence-electron chi connectivity index (χ3n) is 3.29. The van der Waals surface area contributed by atoms with Gasteiger partial charge in [0.1, 0.15) is 0 Å². The topological polar surface area (TPSA) is 41.5 Å². The largest absolute Gasteiger partial charge is 0.386 e. The first-order chi connectivity index (χ1) is 9.83. The van der Waals surface area contributed by atoms with Crippen LogP contribution in [-0.4, -0.2) is 25.4 Å². The van der Waals surface area contributed by atoms with Gasteiger partial charge in [-0.3, -0.25) is 0 Å². The Balaban J connectivity index is 2.17. The number of nitrogens with one attached hydrogen (secondary N) is 1. The van der Waals surface area contributed by atoms with Crippen LogP contribution in [0.3, 0.4) is 0 Å². The van der Waals surface area contributed by atoms with E-state index in [0.717, 1.165) is 11.1 Å². The van der Waals surface area contributed by atoms with Crippen molar-refractivity contribution in [3.63, 3.8) is 0 Å². The molecule has 0 saturated heterocycles. The minimum absolute atomic E-state index is 0.145. The van der Waals surface area contributed by atoms with Crippen molar-refractivity contribution in [1.29, 1.82) is 0 Å². The molecule has 0 aromatic heterocycles. The number of benzene rings is 2. The highest BCUT2D eigenvalue weighted by Crippen LogP contribution is 2.28. The molecule has 0 aliphatic carbocycles. The van der Waals surface area contributed by atoms with Gasteiger partial charge in [-0.05, 0) is 11.1 Å². The zero-order valence-corrected chi connectivity index (χ0v) is 11.7. The van der Waals surface area contributed by atoms with Crippen LogP contribution in [0.4, 0.5) is 0 Å². The third-order valence-corrected chi connectivity index (χ3v) is 3.29. The van der Waals surface area contributed by atoms with Crippen LogP contribution < -0.4 is 5.32 Å². The van der Waals surface area contributed by atoms with Gasteiger partial charge < -0.3 is 15.2 Å². The Hall–Kier alpha value is -1.68. The zero-order valence-electron chi connectivity index (χ0n) is 11.7. The number of aliphatic hydroxyl groups is 1. The van der Waals surface area contributed by atoms with Crippen LogP contribution in [0, 0.1) is 0 Å². The van der Waals surface area contributed by atoms with E-state index in [1.807, 2.05) is 60.7 Å². The quantitative estimate of drug-likeness (QED) is 0.761. The molecule has 3 heteroatoms. The average Bonchev–Trinajstić information content (AvgIpc) is 2.53. The molecule has 2 aromatic rings. The summed E-state index contributed by atoms with van der Waals surface area (Å²) < 4.78 is 5.07.